The second kappa shape index (κ2) is 6.47. The molecule has 1 aromatic carbocycles. The number of nitrogens with one attached hydrogen (secondary N) is 1. The van der Waals surface area contributed by atoms with Crippen LogP contribution in [0.3, 0.4) is 0 Å². The molecular weight excluding hydrogens is 252 g/mol. The van der Waals surface area contributed by atoms with Gasteiger partial charge in [0.1, 0.15) is 0 Å². The summed E-state index contributed by atoms with van der Waals surface area (Å²) in [6.45, 7) is 7.74. The van der Waals surface area contributed by atoms with E-state index < -0.39 is 0 Å². The largest absolute Gasteiger partial charge is 0.360 e. The fraction of sp³-hybridized carbons (Fsp3) is 0.562. The molecule has 0 amide bonds. The van der Waals surface area contributed by atoms with Crippen molar-refractivity contribution in [2.75, 3.05) is 12.3 Å². The van der Waals surface area contributed by atoms with Crippen molar-refractivity contribution in [2.24, 2.45) is 10.9 Å². The molecule has 0 aromatic heterocycles. The molecule has 104 valence electrons. The maximum Gasteiger partial charge on any atom is 0.156 e. The van der Waals surface area contributed by atoms with Crippen molar-refractivity contribution >= 4 is 16.9 Å². The van der Waals surface area contributed by atoms with E-state index in [-0.39, 0.29) is 5.54 Å². The molecule has 3 heteroatoms. The fourth-order valence-electron chi connectivity index (χ4n) is 2.09. The van der Waals surface area contributed by atoms with Crippen LogP contribution in [0, 0.1) is 5.92 Å². The Hall–Kier alpha value is -0.960. The number of rotatable bonds is 4. The Morgan fingerprint density at radius 2 is 2.05 bits per heavy atom. The molecule has 1 aliphatic rings. The Labute approximate surface area is 121 Å². The number of aryl methyl sites for hydroxylation is 1. The van der Waals surface area contributed by atoms with Crippen LogP contribution >= 0.6 is 11.8 Å². The third-order valence-corrected chi connectivity index (χ3v) is 4.62. The summed E-state index contributed by atoms with van der Waals surface area (Å²) in [7, 11) is 0. The molecule has 0 saturated carbocycles. The van der Waals surface area contributed by atoms with E-state index >= 15 is 0 Å². The van der Waals surface area contributed by atoms with Gasteiger partial charge in [0.15, 0.2) is 5.17 Å². The Kier molecular flexibility index (Phi) is 4.92. The van der Waals surface area contributed by atoms with Gasteiger partial charge < -0.3 is 5.32 Å². The van der Waals surface area contributed by atoms with E-state index in [1.807, 2.05) is 11.8 Å². The van der Waals surface area contributed by atoms with Crippen LogP contribution in [0.15, 0.2) is 35.3 Å². The predicted octanol–water partition coefficient (Wildman–Crippen LogP) is 3.73. The lowest BCUT2D eigenvalue weighted by molar-refractivity contribution is 0.427. The van der Waals surface area contributed by atoms with Crippen molar-refractivity contribution in [1.82, 2.24) is 5.32 Å². The molecule has 0 fully saturated rings. The lowest BCUT2D eigenvalue weighted by atomic mass is 9.95. The maximum atomic E-state index is 4.62. The standard InChI is InChI=1S/C16H24N2S/c1-13-11-17-15(19-12-13)18-16(2,3)10-9-14-7-5-4-6-8-14/h4-8,13H,9-12H2,1-3H3,(H,17,18). The normalized spacial score (nSPS) is 19.9. The third kappa shape index (κ3) is 4.90. The van der Waals surface area contributed by atoms with Gasteiger partial charge in [-0.15, -0.1) is 0 Å². The van der Waals surface area contributed by atoms with Gasteiger partial charge in [0.25, 0.3) is 0 Å². The van der Waals surface area contributed by atoms with Crippen molar-refractivity contribution in [2.45, 2.75) is 39.2 Å². The molecule has 2 nitrogen and oxygen atoms in total. The van der Waals surface area contributed by atoms with Gasteiger partial charge in [0, 0.05) is 17.8 Å². The van der Waals surface area contributed by atoms with Crippen LogP contribution in [0.1, 0.15) is 32.8 Å². The van der Waals surface area contributed by atoms with Crippen LogP contribution in [-0.2, 0) is 6.42 Å². The molecule has 0 bridgehead atoms. The first kappa shape index (κ1) is 14.4. The molecule has 19 heavy (non-hydrogen) atoms. The number of aliphatic imine (C=N–C) groups is 1. The summed E-state index contributed by atoms with van der Waals surface area (Å²) in [5, 5.41) is 4.72. The summed E-state index contributed by atoms with van der Waals surface area (Å²) >= 11 is 1.86. The number of amidine groups is 1. The highest BCUT2D eigenvalue weighted by Gasteiger charge is 2.21. The SMILES string of the molecule is CC1CN=C(NC(C)(C)CCc2ccccc2)SC1. The molecule has 0 spiro atoms. The van der Waals surface area contributed by atoms with E-state index in [2.05, 4.69) is 61.4 Å². The molecule has 0 saturated heterocycles. The maximum absolute atomic E-state index is 4.62. The van der Waals surface area contributed by atoms with Gasteiger partial charge >= 0.3 is 0 Å². The number of nitrogens with zero attached hydrogens (tertiary/aromatic N) is 1. The quantitative estimate of drug-likeness (QED) is 0.906. The van der Waals surface area contributed by atoms with Crippen molar-refractivity contribution in [3.63, 3.8) is 0 Å². The first-order valence-electron chi connectivity index (χ1n) is 7.04. The molecule has 1 heterocycles. The molecule has 1 aliphatic heterocycles. The van der Waals surface area contributed by atoms with E-state index in [9.17, 15) is 0 Å². The van der Waals surface area contributed by atoms with E-state index in [0.29, 0.717) is 5.92 Å². The molecule has 1 aromatic rings. The van der Waals surface area contributed by atoms with E-state index in [1.54, 1.807) is 0 Å². The molecule has 1 unspecified atom stereocenters. The first-order valence-corrected chi connectivity index (χ1v) is 8.03. The smallest absolute Gasteiger partial charge is 0.156 e. The highest BCUT2D eigenvalue weighted by Crippen LogP contribution is 2.20. The van der Waals surface area contributed by atoms with Crippen LogP contribution in [0.25, 0.3) is 0 Å². The second-order valence-corrected chi connectivity index (χ2v) is 7.07. The number of benzene rings is 1. The van der Waals surface area contributed by atoms with Gasteiger partial charge in [0.05, 0.1) is 0 Å². The summed E-state index contributed by atoms with van der Waals surface area (Å²) in [5.74, 6) is 1.89. The van der Waals surface area contributed by atoms with Crippen LogP contribution in [0.2, 0.25) is 0 Å². The number of hydrogen-bond donors (Lipinski definition) is 1. The number of thioether (sulfide) groups is 1. The van der Waals surface area contributed by atoms with Gasteiger partial charge in [-0.05, 0) is 38.2 Å². The van der Waals surface area contributed by atoms with Crippen LogP contribution in [0.5, 0.6) is 0 Å². The first-order chi connectivity index (χ1) is 9.05. The Morgan fingerprint density at radius 1 is 1.32 bits per heavy atom. The van der Waals surface area contributed by atoms with Crippen LogP contribution in [0.4, 0.5) is 0 Å². The van der Waals surface area contributed by atoms with Gasteiger partial charge in [-0.3, -0.25) is 4.99 Å². The van der Waals surface area contributed by atoms with Crippen molar-refractivity contribution in [1.29, 1.82) is 0 Å². The molecule has 1 atom stereocenters. The minimum Gasteiger partial charge on any atom is -0.360 e. The lowest BCUT2D eigenvalue weighted by Gasteiger charge is -2.30. The van der Waals surface area contributed by atoms with E-state index in [1.165, 1.54) is 11.3 Å². The second-order valence-electron chi connectivity index (χ2n) is 6.06. The monoisotopic (exact) mass is 276 g/mol. The summed E-state index contributed by atoms with van der Waals surface area (Å²) < 4.78 is 0. The predicted molar refractivity (Wildman–Crippen MR) is 85.9 cm³/mol. The van der Waals surface area contributed by atoms with E-state index in [4.69, 9.17) is 0 Å². The molecule has 2 rings (SSSR count). The zero-order valence-corrected chi connectivity index (χ0v) is 13.0. The lowest BCUT2D eigenvalue weighted by Crippen LogP contribution is -2.43. The van der Waals surface area contributed by atoms with Gasteiger partial charge in [-0.1, -0.05) is 49.0 Å². The highest BCUT2D eigenvalue weighted by molar-refractivity contribution is 8.13. The van der Waals surface area contributed by atoms with Crippen molar-refractivity contribution in [3.05, 3.63) is 35.9 Å². The van der Waals surface area contributed by atoms with Crippen LogP contribution < -0.4 is 5.32 Å². The zero-order valence-electron chi connectivity index (χ0n) is 12.1. The summed E-state index contributed by atoms with van der Waals surface area (Å²) in [5.41, 5.74) is 1.51. The Morgan fingerprint density at radius 3 is 2.68 bits per heavy atom. The summed E-state index contributed by atoms with van der Waals surface area (Å²) in [6, 6.07) is 10.7. The van der Waals surface area contributed by atoms with Crippen LogP contribution in [-0.4, -0.2) is 23.0 Å². The van der Waals surface area contributed by atoms with Gasteiger partial charge in [0.2, 0.25) is 0 Å². The summed E-state index contributed by atoms with van der Waals surface area (Å²) in [6.07, 6.45) is 2.22. The topological polar surface area (TPSA) is 24.4 Å². The third-order valence-electron chi connectivity index (χ3n) is 3.38. The van der Waals surface area contributed by atoms with Crippen molar-refractivity contribution in [3.8, 4) is 0 Å². The van der Waals surface area contributed by atoms with Gasteiger partial charge in [-0.25, -0.2) is 0 Å². The zero-order chi connectivity index (χ0) is 13.7. The molecule has 0 radical (unpaired) electrons. The van der Waals surface area contributed by atoms with Crippen molar-refractivity contribution < 1.29 is 0 Å². The highest BCUT2D eigenvalue weighted by atomic mass is 32.2. The summed E-state index contributed by atoms with van der Waals surface area (Å²) in [4.78, 5) is 4.62. The minimum absolute atomic E-state index is 0.0995. The fourth-order valence-corrected chi connectivity index (χ4v) is 3.15. The minimum atomic E-state index is 0.0995. The molecular formula is C16H24N2S. The van der Waals surface area contributed by atoms with E-state index in [0.717, 1.165) is 24.6 Å². The average Bonchev–Trinajstić information content (AvgIpc) is 2.40. The molecule has 1 N–H and O–H groups in total. The molecule has 0 aliphatic carbocycles. The van der Waals surface area contributed by atoms with Gasteiger partial charge in [-0.2, -0.15) is 0 Å². The Bertz CT molecular complexity index is 426. The number of hydrogen-bond acceptors (Lipinski definition) is 3. The average molecular weight is 276 g/mol. The Balaban J connectivity index is 1.85.